The summed E-state index contributed by atoms with van der Waals surface area (Å²) < 4.78 is 27.2. The molecular weight excluding hydrogens is 286 g/mol. The first-order valence-corrected chi connectivity index (χ1v) is 8.95. The van der Waals surface area contributed by atoms with Crippen molar-refractivity contribution in [3.8, 4) is 0 Å². The van der Waals surface area contributed by atoms with Crippen molar-refractivity contribution in [2.45, 2.75) is 49.1 Å². The average molecular weight is 305 g/mol. The van der Waals surface area contributed by atoms with Crippen LogP contribution in [0.1, 0.15) is 30.5 Å². The molecule has 1 aromatic heterocycles. The van der Waals surface area contributed by atoms with Crippen molar-refractivity contribution in [1.82, 2.24) is 14.9 Å². The molecular formula is C11H19N3O3S2. The van der Waals surface area contributed by atoms with E-state index in [0.717, 1.165) is 19.3 Å². The Bertz CT molecular complexity index is 541. The standard InChI is InChI=1S/C11H19N3O3S2/c1-7-10(6-15)11(13-12-7)19(16,17)14-8-3-4-9(5-8)18-2/h8-9,14-15H,3-6H2,1-2H3,(H,12,13). The van der Waals surface area contributed by atoms with E-state index >= 15 is 0 Å². The molecule has 0 bridgehead atoms. The van der Waals surface area contributed by atoms with Gasteiger partial charge in [0.2, 0.25) is 0 Å². The predicted molar refractivity (Wildman–Crippen MR) is 74.5 cm³/mol. The summed E-state index contributed by atoms with van der Waals surface area (Å²) in [6, 6.07) is -0.0361. The minimum atomic E-state index is -3.66. The lowest BCUT2D eigenvalue weighted by atomic mass is 10.3. The lowest BCUT2D eigenvalue weighted by Gasteiger charge is -2.12. The van der Waals surface area contributed by atoms with Crippen molar-refractivity contribution in [1.29, 1.82) is 0 Å². The van der Waals surface area contributed by atoms with E-state index in [1.54, 1.807) is 18.7 Å². The Balaban J connectivity index is 2.14. The van der Waals surface area contributed by atoms with Gasteiger partial charge in [-0.2, -0.15) is 16.9 Å². The van der Waals surface area contributed by atoms with Gasteiger partial charge in [0, 0.05) is 22.5 Å². The minimum absolute atomic E-state index is 0.0361. The molecule has 2 unspecified atom stereocenters. The van der Waals surface area contributed by atoms with E-state index in [1.807, 2.05) is 6.26 Å². The molecule has 1 fully saturated rings. The minimum Gasteiger partial charge on any atom is -0.392 e. The van der Waals surface area contributed by atoms with Gasteiger partial charge in [-0.3, -0.25) is 5.10 Å². The van der Waals surface area contributed by atoms with Gasteiger partial charge >= 0.3 is 0 Å². The summed E-state index contributed by atoms with van der Waals surface area (Å²) in [4.78, 5) is 0. The summed E-state index contributed by atoms with van der Waals surface area (Å²) in [6.45, 7) is 1.35. The molecule has 19 heavy (non-hydrogen) atoms. The number of aliphatic hydroxyl groups excluding tert-OH is 1. The Morgan fingerprint density at radius 2 is 2.26 bits per heavy atom. The number of aliphatic hydroxyl groups is 1. The van der Waals surface area contributed by atoms with Crippen molar-refractivity contribution >= 4 is 21.8 Å². The highest BCUT2D eigenvalue weighted by atomic mass is 32.2. The van der Waals surface area contributed by atoms with Gasteiger partial charge in [0.1, 0.15) is 0 Å². The molecule has 108 valence electrons. The Morgan fingerprint density at radius 3 is 2.84 bits per heavy atom. The summed E-state index contributed by atoms with van der Waals surface area (Å²) in [6.07, 6.45) is 4.77. The van der Waals surface area contributed by atoms with Crippen LogP contribution in [0.15, 0.2) is 5.03 Å². The highest BCUT2D eigenvalue weighted by Crippen LogP contribution is 2.29. The zero-order chi connectivity index (χ0) is 14.0. The molecule has 1 heterocycles. The van der Waals surface area contributed by atoms with Crippen LogP contribution < -0.4 is 4.72 Å². The van der Waals surface area contributed by atoms with Crippen LogP contribution in [0.4, 0.5) is 0 Å². The Labute approximate surface area is 117 Å². The van der Waals surface area contributed by atoms with Crippen LogP contribution in [0.25, 0.3) is 0 Å². The Morgan fingerprint density at radius 1 is 1.53 bits per heavy atom. The van der Waals surface area contributed by atoms with Crippen LogP contribution in [-0.4, -0.2) is 41.3 Å². The third kappa shape index (κ3) is 3.13. The van der Waals surface area contributed by atoms with Crippen LogP contribution in [0, 0.1) is 6.92 Å². The topological polar surface area (TPSA) is 95.1 Å². The number of aryl methyl sites for hydroxylation is 1. The second kappa shape index (κ2) is 5.82. The van der Waals surface area contributed by atoms with E-state index < -0.39 is 10.0 Å². The molecule has 3 N–H and O–H groups in total. The van der Waals surface area contributed by atoms with Crippen molar-refractivity contribution in [3.05, 3.63) is 11.3 Å². The fourth-order valence-electron chi connectivity index (χ4n) is 2.37. The molecule has 1 saturated carbocycles. The number of sulfonamides is 1. The van der Waals surface area contributed by atoms with Gasteiger partial charge < -0.3 is 5.11 Å². The van der Waals surface area contributed by atoms with E-state index in [2.05, 4.69) is 14.9 Å². The van der Waals surface area contributed by atoms with Gasteiger partial charge in [0.05, 0.1) is 6.61 Å². The maximum Gasteiger partial charge on any atom is 0.260 e. The second-order valence-corrected chi connectivity index (χ2v) is 7.55. The molecule has 0 spiro atoms. The van der Waals surface area contributed by atoms with Crippen LogP contribution in [-0.2, 0) is 16.6 Å². The van der Waals surface area contributed by atoms with Crippen molar-refractivity contribution in [2.24, 2.45) is 0 Å². The number of nitrogens with one attached hydrogen (secondary N) is 2. The fraction of sp³-hybridized carbons (Fsp3) is 0.727. The molecule has 0 amide bonds. The van der Waals surface area contributed by atoms with E-state index in [0.29, 0.717) is 16.5 Å². The predicted octanol–water partition coefficient (Wildman–Crippen LogP) is 0.773. The summed E-state index contributed by atoms with van der Waals surface area (Å²) in [5.74, 6) is 0. The van der Waals surface area contributed by atoms with Crippen LogP contribution in [0.3, 0.4) is 0 Å². The third-order valence-corrected chi connectivity index (χ3v) is 6.07. The maximum atomic E-state index is 12.3. The maximum absolute atomic E-state index is 12.3. The van der Waals surface area contributed by atoms with E-state index in [-0.39, 0.29) is 17.7 Å². The molecule has 6 nitrogen and oxygen atoms in total. The molecule has 2 rings (SSSR count). The van der Waals surface area contributed by atoms with E-state index in [4.69, 9.17) is 0 Å². The van der Waals surface area contributed by atoms with Gasteiger partial charge in [-0.25, -0.2) is 13.1 Å². The Hall–Kier alpha value is -0.570. The van der Waals surface area contributed by atoms with Crippen LogP contribution >= 0.6 is 11.8 Å². The van der Waals surface area contributed by atoms with E-state index in [9.17, 15) is 13.5 Å². The zero-order valence-electron chi connectivity index (χ0n) is 11.0. The second-order valence-electron chi connectivity index (χ2n) is 4.78. The molecule has 0 aliphatic heterocycles. The molecule has 1 aliphatic carbocycles. The number of H-pyrrole nitrogens is 1. The molecule has 1 aliphatic rings. The Kier molecular flexibility index (Phi) is 4.54. The van der Waals surface area contributed by atoms with Crippen molar-refractivity contribution in [2.75, 3.05) is 6.26 Å². The lowest BCUT2D eigenvalue weighted by molar-refractivity contribution is 0.277. The first-order valence-electron chi connectivity index (χ1n) is 6.17. The first kappa shape index (κ1) is 14.8. The van der Waals surface area contributed by atoms with Gasteiger partial charge in [-0.1, -0.05) is 0 Å². The monoisotopic (exact) mass is 305 g/mol. The van der Waals surface area contributed by atoms with Gasteiger partial charge in [-0.15, -0.1) is 0 Å². The highest BCUT2D eigenvalue weighted by molar-refractivity contribution is 7.99. The number of aromatic amines is 1. The summed E-state index contributed by atoms with van der Waals surface area (Å²) in [5.41, 5.74) is 0.920. The molecule has 8 heteroatoms. The average Bonchev–Trinajstić information content (AvgIpc) is 2.95. The zero-order valence-corrected chi connectivity index (χ0v) is 12.6. The van der Waals surface area contributed by atoms with Gasteiger partial charge in [0.25, 0.3) is 10.0 Å². The smallest absolute Gasteiger partial charge is 0.260 e. The number of thioether (sulfide) groups is 1. The number of hydrogen-bond acceptors (Lipinski definition) is 5. The molecule has 0 radical (unpaired) electrons. The normalized spacial score (nSPS) is 23.9. The van der Waals surface area contributed by atoms with Crippen molar-refractivity contribution < 1.29 is 13.5 Å². The SMILES string of the molecule is CSC1CCC(NS(=O)(=O)c2n[nH]c(C)c2CO)C1. The molecule has 0 saturated heterocycles. The largest absolute Gasteiger partial charge is 0.392 e. The number of aromatic nitrogens is 2. The van der Waals surface area contributed by atoms with Crippen molar-refractivity contribution in [3.63, 3.8) is 0 Å². The van der Waals surface area contributed by atoms with E-state index in [1.165, 1.54) is 0 Å². The highest BCUT2D eigenvalue weighted by Gasteiger charge is 2.31. The first-order chi connectivity index (χ1) is 8.97. The van der Waals surface area contributed by atoms with Crippen LogP contribution in [0.2, 0.25) is 0 Å². The third-order valence-electron chi connectivity index (χ3n) is 3.49. The quantitative estimate of drug-likeness (QED) is 0.747. The van der Waals surface area contributed by atoms with Gasteiger partial charge in [0.15, 0.2) is 5.03 Å². The number of rotatable bonds is 5. The number of nitrogens with zero attached hydrogens (tertiary/aromatic N) is 1. The van der Waals surface area contributed by atoms with Crippen LogP contribution in [0.5, 0.6) is 0 Å². The molecule has 0 aromatic carbocycles. The number of hydrogen-bond donors (Lipinski definition) is 3. The molecule has 2 atom stereocenters. The fourth-order valence-corrected chi connectivity index (χ4v) is 4.64. The van der Waals surface area contributed by atoms with Gasteiger partial charge in [-0.05, 0) is 32.4 Å². The summed E-state index contributed by atoms with van der Waals surface area (Å²) in [7, 11) is -3.66. The lowest BCUT2D eigenvalue weighted by Crippen LogP contribution is -2.34. The summed E-state index contributed by atoms with van der Waals surface area (Å²) >= 11 is 1.77. The molecule has 1 aromatic rings. The summed E-state index contributed by atoms with van der Waals surface area (Å²) in [5, 5.41) is 16.1.